The molecule has 0 spiro atoms. The van der Waals surface area contributed by atoms with E-state index in [0.29, 0.717) is 22.3 Å². The number of hydrogen-bond acceptors (Lipinski definition) is 7. The Balaban J connectivity index is 1.53. The minimum atomic E-state index is -1.08. The predicted molar refractivity (Wildman–Crippen MR) is 126 cm³/mol. The molecule has 0 aliphatic carbocycles. The van der Waals surface area contributed by atoms with E-state index in [-0.39, 0.29) is 19.5 Å². The Labute approximate surface area is 206 Å². The summed E-state index contributed by atoms with van der Waals surface area (Å²) in [5, 5.41) is 16.7. The van der Waals surface area contributed by atoms with Gasteiger partial charge in [-0.2, -0.15) is 0 Å². The monoisotopic (exact) mass is 498 g/mol. The first-order valence-electron chi connectivity index (χ1n) is 10.8. The Morgan fingerprint density at radius 2 is 1.91 bits per heavy atom. The Kier molecular flexibility index (Phi) is 7.21. The number of benzene rings is 2. The van der Waals surface area contributed by atoms with Gasteiger partial charge in [-0.3, -0.25) is 19.4 Å². The van der Waals surface area contributed by atoms with Gasteiger partial charge in [0.05, 0.1) is 12.3 Å². The van der Waals surface area contributed by atoms with E-state index in [2.05, 4.69) is 10.5 Å². The van der Waals surface area contributed by atoms with Gasteiger partial charge in [-0.1, -0.05) is 30.7 Å². The summed E-state index contributed by atoms with van der Waals surface area (Å²) in [7, 11) is 0. The number of amides is 3. The highest BCUT2D eigenvalue weighted by Gasteiger charge is 2.40. The lowest BCUT2D eigenvalue weighted by Gasteiger charge is -2.41. The van der Waals surface area contributed by atoms with Gasteiger partial charge >= 0.3 is 12.0 Å². The maximum Gasteiger partial charge on any atom is 0.328 e. The zero-order valence-electron chi connectivity index (χ0n) is 18.8. The number of carbonyl (C=O) groups excluding carboxylic acids is 2. The van der Waals surface area contributed by atoms with E-state index >= 15 is 0 Å². The minimum absolute atomic E-state index is 0.0249. The first kappa shape index (κ1) is 24.1. The van der Waals surface area contributed by atoms with E-state index in [9.17, 15) is 19.5 Å². The molecular weight excluding hydrogens is 476 g/mol. The summed E-state index contributed by atoms with van der Waals surface area (Å²) in [6, 6.07) is 15.0. The maximum absolute atomic E-state index is 13.3. The Bertz CT molecular complexity index is 1180. The van der Waals surface area contributed by atoms with Gasteiger partial charge < -0.3 is 19.7 Å². The van der Waals surface area contributed by atoms with Crippen molar-refractivity contribution >= 4 is 35.2 Å². The minimum Gasteiger partial charge on any atom is -0.481 e. The molecular formula is C24H23ClN4O6. The summed E-state index contributed by atoms with van der Waals surface area (Å²) < 4.78 is 10.3. The number of imide groups is 1. The van der Waals surface area contributed by atoms with Crippen LogP contribution in [0.25, 0.3) is 0 Å². The van der Waals surface area contributed by atoms with E-state index in [1.54, 1.807) is 54.6 Å². The topological polar surface area (TPSA) is 125 Å². The molecule has 2 heterocycles. The van der Waals surface area contributed by atoms with Crippen molar-refractivity contribution in [3.63, 3.8) is 0 Å². The third-order valence-corrected chi connectivity index (χ3v) is 5.74. The van der Waals surface area contributed by atoms with Crippen LogP contribution >= 0.6 is 11.6 Å². The van der Waals surface area contributed by atoms with E-state index in [0.717, 1.165) is 10.5 Å². The molecule has 2 atom stereocenters. The van der Waals surface area contributed by atoms with Crippen molar-refractivity contribution in [2.75, 3.05) is 11.9 Å². The maximum atomic E-state index is 13.3. The van der Waals surface area contributed by atoms with Crippen LogP contribution in [0.3, 0.4) is 0 Å². The lowest BCUT2D eigenvalue weighted by molar-refractivity contribution is -0.142. The van der Waals surface area contributed by atoms with Gasteiger partial charge in [0.15, 0.2) is 0 Å². The summed E-state index contributed by atoms with van der Waals surface area (Å²) in [4.78, 5) is 40.0. The van der Waals surface area contributed by atoms with Crippen LogP contribution in [0, 0.1) is 5.92 Å². The molecule has 0 saturated carbocycles. The van der Waals surface area contributed by atoms with E-state index in [4.69, 9.17) is 20.9 Å². The molecule has 35 heavy (non-hydrogen) atoms. The Morgan fingerprint density at radius 1 is 1.20 bits per heavy atom. The summed E-state index contributed by atoms with van der Waals surface area (Å²) in [6.45, 7) is 1.45. The molecule has 1 aliphatic heterocycles. The summed E-state index contributed by atoms with van der Waals surface area (Å²) in [5.41, 5.74) is 1.48. The second kappa shape index (κ2) is 10.5. The smallest absolute Gasteiger partial charge is 0.328 e. The van der Waals surface area contributed by atoms with Gasteiger partial charge in [0.1, 0.15) is 18.2 Å². The first-order chi connectivity index (χ1) is 16.8. The highest BCUT2D eigenvalue weighted by atomic mass is 35.5. The fourth-order valence-electron chi connectivity index (χ4n) is 3.59. The molecule has 2 aromatic carbocycles. The molecule has 11 heteroatoms. The highest BCUT2D eigenvalue weighted by Crippen LogP contribution is 2.26. The molecule has 3 amide bonds. The zero-order chi connectivity index (χ0) is 24.9. The largest absolute Gasteiger partial charge is 0.481 e. The van der Waals surface area contributed by atoms with Crippen molar-refractivity contribution in [1.82, 2.24) is 15.0 Å². The van der Waals surface area contributed by atoms with E-state index < -0.39 is 30.0 Å². The molecule has 1 unspecified atom stereocenters. The lowest BCUT2D eigenvalue weighted by Crippen LogP contribution is -2.59. The number of urea groups is 1. The van der Waals surface area contributed by atoms with Crippen molar-refractivity contribution in [3.8, 4) is 11.6 Å². The number of ether oxygens (including phenoxy) is 1. The number of halogens is 1. The Hall–Kier alpha value is -4.05. The molecule has 1 aromatic heterocycles. The van der Waals surface area contributed by atoms with Gasteiger partial charge in [0, 0.05) is 29.9 Å². The van der Waals surface area contributed by atoms with Gasteiger partial charge in [-0.05, 0) is 47.1 Å². The van der Waals surface area contributed by atoms with Crippen LogP contribution < -0.4 is 10.1 Å². The zero-order valence-corrected chi connectivity index (χ0v) is 19.5. The van der Waals surface area contributed by atoms with Crippen LogP contribution in [0.5, 0.6) is 11.6 Å². The fraction of sp³-hybridized carbons (Fsp3) is 0.250. The predicted octanol–water partition coefficient (Wildman–Crippen LogP) is 4.43. The molecule has 3 aromatic rings. The van der Waals surface area contributed by atoms with E-state index in [1.807, 2.05) is 0 Å². The third-order valence-electron chi connectivity index (χ3n) is 5.49. The molecule has 1 saturated heterocycles. The molecule has 182 valence electrons. The Morgan fingerprint density at radius 3 is 2.54 bits per heavy atom. The molecule has 10 nitrogen and oxygen atoms in total. The molecule has 2 N–H and O–H groups in total. The first-order valence-corrected chi connectivity index (χ1v) is 11.2. The number of nitrogens with one attached hydrogen (secondary N) is 1. The standard InChI is InChI=1S/C24H23ClN4O6/c1-15(23(31)32)13-29-22(30)12-20(28(24(29)33)14-16-2-4-17(25)5-3-16)26-18-6-8-19(9-7-18)35-21-10-11-34-27-21/h2-11,15,20,26H,12-14H2,1H3,(H,31,32)/t15-,20?/m0/s1. The van der Waals surface area contributed by atoms with E-state index in [1.165, 1.54) is 18.1 Å². The highest BCUT2D eigenvalue weighted by molar-refractivity contribution is 6.30. The van der Waals surface area contributed by atoms with Crippen LogP contribution in [0.4, 0.5) is 10.5 Å². The van der Waals surface area contributed by atoms with Crippen LogP contribution in [0.2, 0.25) is 5.02 Å². The van der Waals surface area contributed by atoms with Crippen LogP contribution in [0.15, 0.2) is 65.4 Å². The number of aliphatic carboxylic acids is 1. The van der Waals surface area contributed by atoms with Crippen LogP contribution in [0.1, 0.15) is 18.9 Å². The second-order valence-corrected chi connectivity index (χ2v) is 8.55. The van der Waals surface area contributed by atoms with Crippen LogP contribution in [-0.2, 0) is 16.1 Å². The fourth-order valence-corrected chi connectivity index (χ4v) is 3.72. The van der Waals surface area contributed by atoms with Gasteiger partial charge in [0.25, 0.3) is 5.88 Å². The SMILES string of the molecule is C[C@@H](CN1C(=O)CC(Nc2ccc(Oc3ccon3)cc2)N(Cc2ccc(Cl)cc2)C1=O)C(=O)O. The number of rotatable bonds is 9. The molecule has 4 rings (SSSR count). The summed E-state index contributed by atoms with van der Waals surface area (Å²) >= 11 is 5.98. The average molecular weight is 499 g/mol. The third kappa shape index (κ3) is 5.90. The van der Waals surface area contributed by atoms with Crippen molar-refractivity contribution < 1.29 is 28.8 Å². The number of anilines is 1. The number of hydrogen-bond donors (Lipinski definition) is 2. The van der Waals surface area contributed by atoms with Gasteiger partial charge in [-0.15, -0.1) is 0 Å². The average Bonchev–Trinajstić information content (AvgIpc) is 3.34. The summed E-state index contributed by atoms with van der Waals surface area (Å²) in [6.07, 6.45) is 0.727. The quantitative estimate of drug-likeness (QED) is 0.443. The van der Waals surface area contributed by atoms with Crippen molar-refractivity contribution in [3.05, 3.63) is 71.4 Å². The number of carboxylic acid groups (broad SMARTS) is 1. The molecule has 1 aliphatic rings. The lowest BCUT2D eigenvalue weighted by atomic mass is 10.1. The summed E-state index contributed by atoms with van der Waals surface area (Å²) in [5.74, 6) is -1.56. The van der Waals surface area contributed by atoms with Gasteiger partial charge in [-0.25, -0.2) is 4.79 Å². The molecule has 0 bridgehead atoms. The normalized spacial score (nSPS) is 16.8. The van der Waals surface area contributed by atoms with Gasteiger partial charge in [0.2, 0.25) is 5.91 Å². The number of carbonyl (C=O) groups is 3. The molecule has 1 fully saturated rings. The number of carboxylic acids is 1. The molecule has 0 radical (unpaired) electrons. The second-order valence-electron chi connectivity index (χ2n) is 8.11. The van der Waals surface area contributed by atoms with Crippen LogP contribution in [-0.4, -0.2) is 50.7 Å². The van der Waals surface area contributed by atoms with Crippen molar-refractivity contribution in [2.24, 2.45) is 5.92 Å². The van der Waals surface area contributed by atoms with Crippen molar-refractivity contribution in [1.29, 1.82) is 0 Å². The number of nitrogens with zero attached hydrogens (tertiary/aromatic N) is 3. The van der Waals surface area contributed by atoms with Crippen molar-refractivity contribution in [2.45, 2.75) is 26.1 Å². The number of aromatic nitrogens is 1.